The van der Waals surface area contributed by atoms with Gasteiger partial charge in [-0.3, -0.25) is 4.79 Å². The van der Waals surface area contributed by atoms with Crippen molar-refractivity contribution in [2.24, 2.45) is 0 Å². The van der Waals surface area contributed by atoms with E-state index in [-0.39, 0.29) is 30.2 Å². The maximum absolute atomic E-state index is 11.5. The van der Waals surface area contributed by atoms with E-state index in [2.05, 4.69) is 0 Å². The number of methoxy groups -OCH3 is 1. The van der Waals surface area contributed by atoms with Crippen LogP contribution in [-0.4, -0.2) is 25.6 Å². The Morgan fingerprint density at radius 1 is 1.41 bits per heavy atom. The molecule has 96 valence electrons. The largest absolute Gasteiger partial charge is 0.508 e. The third kappa shape index (κ3) is 5.58. The van der Waals surface area contributed by atoms with Crippen LogP contribution in [0, 0.1) is 0 Å². The van der Waals surface area contributed by atoms with Crippen LogP contribution in [-0.2, 0) is 16.0 Å². The van der Waals surface area contributed by atoms with Gasteiger partial charge in [-0.1, -0.05) is 12.1 Å². The molecular weight excluding hydrogens is 471 g/mol. The molecule has 0 heterocycles. The van der Waals surface area contributed by atoms with Gasteiger partial charge in [0.2, 0.25) is 0 Å². The molecule has 1 aromatic carbocycles. The summed E-state index contributed by atoms with van der Waals surface area (Å²) < 4.78 is 6.49. The Kier molecular flexibility index (Phi) is 8.43. The predicted octanol–water partition coefficient (Wildman–Crippen LogP) is 2.90. The molecule has 0 amide bonds. The van der Waals surface area contributed by atoms with Crippen LogP contribution in [0.1, 0.15) is 5.56 Å². The van der Waals surface area contributed by atoms with Gasteiger partial charge >= 0.3 is 5.97 Å². The third-order valence-corrected chi connectivity index (χ3v) is 3.42. The molecule has 0 unspecified atom stereocenters. The summed E-state index contributed by atoms with van der Waals surface area (Å²) in [5, 5.41) is 9.15. The molecule has 0 aliphatic heterocycles. The molecule has 17 heavy (non-hydrogen) atoms. The second kappa shape index (κ2) is 8.33. The van der Waals surface area contributed by atoms with Crippen LogP contribution in [0.2, 0.25) is 0 Å². The monoisotopic (exact) mass is 483 g/mol. The highest BCUT2D eigenvalue weighted by Gasteiger charge is 2.24. The Bertz CT molecular complexity index is 359. The van der Waals surface area contributed by atoms with Crippen LogP contribution < -0.4 is 0 Å². The molecule has 0 saturated heterocycles. The highest BCUT2D eigenvalue weighted by atomic mass is 127. The Morgan fingerprint density at radius 3 is 2.35 bits per heavy atom. The van der Waals surface area contributed by atoms with Gasteiger partial charge in [0.05, 0.1) is 7.11 Å². The molecule has 1 atom stereocenters. The molecule has 1 rings (SSSR count). The summed E-state index contributed by atoms with van der Waals surface area (Å²) in [6, 6.07) is 6.48. The number of carbonyl (C=O) groups excluding carboxylic acids is 1. The first kappa shape index (κ1) is 17.2. The van der Waals surface area contributed by atoms with Gasteiger partial charge in [0.1, 0.15) is 11.8 Å². The minimum Gasteiger partial charge on any atom is -0.508 e. The van der Waals surface area contributed by atoms with Crippen LogP contribution in [0.5, 0.6) is 5.75 Å². The third-order valence-electron chi connectivity index (χ3n) is 2.07. The maximum atomic E-state index is 11.5. The van der Waals surface area contributed by atoms with Crippen molar-refractivity contribution in [2.45, 2.75) is 12.5 Å². The lowest BCUT2D eigenvalue weighted by Crippen LogP contribution is -2.32. The maximum Gasteiger partial charge on any atom is 0.325 e. The van der Waals surface area contributed by atoms with Crippen LogP contribution in [0.3, 0.4) is 0 Å². The molecule has 0 fully saturated rings. The van der Waals surface area contributed by atoms with Crippen LogP contribution >= 0.6 is 58.1 Å². The first-order valence-electron chi connectivity index (χ1n) is 4.51. The fourth-order valence-corrected chi connectivity index (χ4v) is 2.07. The molecule has 1 N–H and O–H groups in total. The number of rotatable bonds is 4. The highest BCUT2D eigenvalue weighted by Crippen LogP contribution is 2.20. The normalized spacial score (nSPS) is 11.8. The number of hydrogen-bond acceptors (Lipinski definition) is 4. The van der Waals surface area contributed by atoms with E-state index in [1.165, 1.54) is 7.11 Å². The summed E-state index contributed by atoms with van der Waals surface area (Å²) >= 11 is 4.09. The van der Waals surface area contributed by atoms with Crippen molar-refractivity contribution < 1.29 is 14.6 Å². The van der Waals surface area contributed by atoms with Crippen molar-refractivity contribution in [2.75, 3.05) is 7.11 Å². The Morgan fingerprint density at radius 2 is 1.94 bits per heavy atom. The van der Waals surface area contributed by atoms with Gasteiger partial charge in [-0.25, -0.2) is 0 Å². The molecule has 0 aliphatic carbocycles. The number of carbonyl (C=O) groups is 1. The zero-order chi connectivity index (χ0) is 12.1. The standard InChI is InChI=1S/C10H11I2NO3.ClH/c1-16-10(15)9(13(11)12)6-7-2-4-8(14)5-3-7;/h2-5,9,14H,6H2,1H3;1H/t9-;/m0./s1. The van der Waals surface area contributed by atoms with Crippen molar-refractivity contribution in [3.63, 3.8) is 0 Å². The lowest BCUT2D eigenvalue weighted by atomic mass is 10.1. The topological polar surface area (TPSA) is 49.8 Å². The lowest BCUT2D eigenvalue weighted by molar-refractivity contribution is -0.143. The van der Waals surface area contributed by atoms with Gasteiger partial charge in [0.15, 0.2) is 0 Å². The summed E-state index contributed by atoms with van der Waals surface area (Å²) in [5.41, 5.74) is 0.978. The average molecular weight is 483 g/mol. The lowest BCUT2D eigenvalue weighted by Gasteiger charge is -2.17. The van der Waals surface area contributed by atoms with Crippen molar-refractivity contribution >= 4 is 64.1 Å². The molecule has 0 aliphatic rings. The van der Waals surface area contributed by atoms with Crippen LogP contribution in [0.15, 0.2) is 24.3 Å². The molecule has 0 spiro atoms. The quantitative estimate of drug-likeness (QED) is 0.407. The number of aromatic hydroxyl groups is 1. The fourth-order valence-electron chi connectivity index (χ4n) is 1.22. The first-order valence-corrected chi connectivity index (χ1v) is 6.44. The number of halogens is 3. The van der Waals surface area contributed by atoms with Gasteiger partial charge in [-0.05, 0) is 17.7 Å². The number of esters is 1. The van der Waals surface area contributed by atoms with E-state index in [0.717, 1.165) is 5.56 Å². The molecule has 4 nitrogen and oxygen atoms in total. The van der Waals surface area contributed by atoms with Crippen molar-refractivity contribution in [1.82, 2.24) is 1.33 Å². The molecule has 0 aromatic heterocycles. The van der Waals surface area contributed by atoms with Crippen LogP contribution in [0.4, 0.5) is 0 Å². The summed E-state index contributed by atoms with van der Waals surface area (Å²) in [7, 11) is 1.38. The van der Waals surface area contributed by atoms with Crippen molar-refractivity contribution in [1.29, 1.82) is 0 Å². The van der Waals surface area contributed by atoms with E-state index in [0.29, 0.717) is 6.42 Å². The summed E-state index contributed by atoms with van der Waals surface area (Å²) in [5.74, 6) is -0.0453. The molecule has 0 saturated carbocycles. The second-order valence-electron chi connectivity index (χ2n) is 3.17. The van der Waals surface area contributed by atoms with E-state index < -0.39 is 0 Å². The minimum atomic E-state index is -0.323. The number of phenolic OH excluding ortho intramolecular Hbond substituents is 1. The molecule has 0 bridgehead atoms. The van der Waals surface area contributed by atoms with Crippen molar-refractivity contribution in [3.05, 3.63) is 29.8 Å². The zero-order valence-corrected chi connectivity index (χ0v) is 14.1. The number of ether oxygens (including phenoxy) is 1. The highest BCUT2D eigenvalue weighted by molar-refractivity contribution is 14.2. The van der Waals surface area contributed by atoms with Gasteiger partial charge in [0, 0.05) is 52.1 Å². The van der Waals surface area contributed by atoms with E-state index >= 15 is 0 Å². The number of benzene rings is 1. The van der Waals surface area contributed by atoms with Crippen LogP contribution in [0.25, 0.3) is 0 Å². The summed E-state index contributed by atoms with van der Waals surface area (Å²) in [6.07, 6.45) is 0.554. The van der Waals surface area contributed by atoms with Gasteiger partial charge in [-0.2, -0.15) is 1.33 Å². The Hall–Kier alpha value is 0.200. The van der Waals surface area contributed by atoms with Gasteiger partial charge in [0.25, 0.3) is 0 Å². The van der Waals surface area contributed by atoms with E-state index in [4.69, 9.17) is 9.84 Å². The SMILES string of the molecule is COC(=O)[C@H](Cc1ccc(O)cc1)N(I)I.Cl. The Labute approximate surface area is 134 Å². The molecule has 1 aromatic rings. The van der Waals surface area contributed by atoms with E-state index in [1.54, 1.807) is 25.6 Å². The fraction of sp³-hybridized carbons (Fsp3) is 0.300. The zero-order valence-electron chi connectivity index (χ0n) is 8.97. The van der Waals surface area contributed by atoms with Gasteiger partial charge < -0.3 is 9.84 Å². The number of hydrogen-bond donors (Lipinski definition) is 1. The first-order chi connectivity index (χ1) is 7.54. The smallest absolute Gasteiger partial charge is 0.325 e. The summed E-state index contributed by atoms with van der Waals surface area (Å²) in [4.78, 5) is 11.5. The molecular formula is C10H12ClI2NO3. The molecule has 7 heteroatoms. The molecule has 0 radical (unpaired) electrons. The minimum absolute atomic E-state index is 0. The Balaban J connectivity index is 0.00000256. The second-order valence-corrected chi connectivity index (χ2v) is 7.09. The van der Waals surface area contributed by atoms with Gasteiger partial charge in [-0.15, -0.1) is 12.4 Å². The average Bonchev–Trinajstić information content (AvgIpc) is 2.27. The summed E-state index contributed by atoms with van der Waals surface area (Å²) in [6.45, 7) is 0. The van der Waals surface area contributed by atoms with E-state index in [1.807, 2.05) is 45.7 Å². The van der Waals surface area contributed by atoms with Crippen molar-refractivity contribution in [3.8, 4) is 5.75 Å². The number of phenols is 1. The van der Waals surface area contributed by atoms with E-state index in [9.17, 15) is 4.79 Å². The predicted molar refractivity (Wildman–Crippen MR) is 84.7 cm³/mol. The number of nitrogens with zero attached hydrogens (tertiary/aromatic N) is 1.